The Morgan fingerprint density at radius 2 is 1.84 bits per heavy atom. The molecule has 1 saturated heterocycles. The third-order valence-corrected chi connectivity index (χ3v) is 3.68. The minimum Gasteiger partial charge on any atom is -0.444 e. The minimum absolute atomic E-state index is 0.0381. The molecule has 0 bridgehead atoms. The van der Waals surface area contributed by atoms with Crippen LogP contribution in [0.2, 0.25) is 0 Å². The van der Waals surface area contributed by atoms with Gasteiger partial charge in [-0.1, -0.05) is 11.6 Å². The number of carbonyl (C=O) groups is 1. The zero-order chi connectivity index (χ0) is 18.8. The molecular weight excluding hydrogens is 334 g/mol. The van der Waals surface area contributed by atoms with Crippen molar-refractivity contribution in [2.24, 2.45) is 0 Å². The first-order valence-electron chi connectivity index (χ1n) is 7.87. The first-order chi connectivity index (χ1) is 11.6. The van der Waals surface area contributed by atoms with Gasteiger partial charge in [0, 0.05) is 18.7 Å². The fourth-order valence-electron chi connectivity index (χ4n) is 2.47. The quantitative estimate of drug-likeness (QED) is 0.587. The van der Waals surface area contributed by atoms with E-state index in [4.69, 9.17) is 4.74 Å². The second-order valence-electron chi connectivity index (χ2n) is 6.85. The Bertz CT molecular complexity index is 716. The molecule has 1 aliphatic heterocycles. The van der Waals surface area contributed by atoms with Crippen molar-refractivity contribution in [1.29, 1.82) is 0 Å². The van der Waals surface area contributed by atoms with Crippen molar-refractivity contribution in [3.63, 3.8) is 0 Å². The van der Waals surface area contributed by atoms with Crippen molar-refractivity contribution in [2.45, 2.75) is 39.2 Å². The van der Waals surface area contributed by atoms with E-state index in [9.17, 15) is 23.7 Å². The van der Waals surface area contributed by atoms with E-state index in [1.165, 1.54) is 6.08 Å². The number of ether oxygens (including phenoxy) is 1. The van der Waals surface area contributed by atoms with Crippen LogP contribution in [0.1, 0.15) is 39.2 Å². The Labute approximate surface area is 144 Å². The Kier molecular flexibility index (Phi) is 5.39. The molecule has 1 aromatic carbocycles. The summed E-state index contributed by atoms with van der Waals surface area (Å²) in [5.41, 5.74) is -0.665. The molecule has 0 radical (unpaired) electrons. The van der Waals surface area contributed by atoms with E-state index in [2.05, 4.69) is 0 Å². The van der Waals surface area contributed by atoms with E-state index in [0.29, 0.717) is 32.0 Å². The van der Waals surface area contributed by atoms with Crippen LogP contribution in [-0.2, 0) is 4.74 Å². The van der Waals surface area contributed by atoms with Crippen LogP contribution in [0.15, 0.2) is 17.7 Å². The van der Waals surface area contributed by atoms with E-state index < -0.39 is 33.9 Å². The van der Waals surface area contributed by atoms with Gasteiger partial charge >= 0.3 is 11.8 Å². The van der Waals surface area contributed by atoms with E-state index in [1.54, 1.807) is 25.7 Å². The summed E-state index contributed by atoms with van der Waals surface area (Å²) in [5.74, 6) is -1.93. The molecule has 8 heteroatoms. The van der Waals surface area contributed by atoms with Crippen LogP contribution in [0.5, 0.6) is 0 Å². The number of halogens is 2. The van der Waals surface area contributed by atoms with Crippen molar-refractivity contribution in [1.82, 2.24) is 4.90 Å². The highest BCUT2D eigenvalue weighted by Crippen LogP contribution is 2.26. The van der Waals surface area contributed by atoms with Gasteiger partial charge in [0.1, 0.15) is 11.4 Å². The van der Waals surface area contributed by atoms with Crippen molar-refractivity contribution in [3.05, 3.63) is 45.0 Å². The number of piperidine rings is 1. The zero-order valence-corrected chi connectivity index (χ0v) is 14.3. The summed E-state index contributed by atoms with van der Waals surface area (Å²) in [7, 11) is 0. The molecular formula is C17H20F2N2O4. The summed E-state index contributed by atoms with van der Waals surface area (Å²) >= 11 is 0. The smallest absolute Gasteiger partial charge is 0.410 e. The van der Waals surface area contributed by atoms with E-state index in [1.807, 2.05) is 0 Å². The van der Waals surface area contributed by atoms with Crippen LogP contribution in [0.4, 0.5) is 19.3 Å². The third kappa shape index (κ3) is 4.98. The first kappa shape index (κ1) is 18.8. The van der Waals surface area contributed by atoms with Crippen molar-refractivity contribution >= 4 is 17.9 Å². The lowest BCUT2D eigenvalue weighted by molar-refractivity contribution is -0.387. The monoisotopic (exact) mass is 354 g/mol. The van der Waals surface area contributed by atoms with Crippen LogP contribution in [0, 0.1) is 21.7 Å². The van der Waals surface area contributed by atoms with Crippen LogP contribution < -0.4 is 0 Å². The lowest BCUT2D eigenvalue weighted by Crippen LogP contribution is -2.40. The largest absolute Gasteiger partial charge is 0.444 e. The maximum Gasteiger partial charge on any atom is 0.410 e. The van der Waals surface area contributed by atoms with Crippen molar-refractivity contribution < 1.29 is 23.2 Å². The Hall–Kier alpha value is -2.51. The molecule has 1 aliphatic rings. The molecule has 0 atom stereocenters. The number of nitro benzene ring substituents is 1. The zero-order valence-electron chi connectivity index (χ0n) is 14.3. The average Bonchev–Trinajstić information content (AvgIpc) is 2.49. The molecule has 0 spiro atoms. The maximum atomic E-state index is 13.9. The fraction of sp³-hybridized carbons (Fsp3) is 0.471. The maximum absolute atomic E-state index is 13.9. The van der Waals surface area contributed by atoms with E-state index in [-0.39, 0.29) is 5.56 Å². The Morgan fingerprint density at radius 3 is 2.36 bits per heavy atom. The second-order valence-corrected chi connectivity index (χ2v) is 6.85. The van der Waals surface area contributed by atoms with Crippen LogP contribution in [-0.4, -0.2) is 34.6 Å². The van der Waals surface area contributed by atoms with Gasteiger partial charge < -0.3 is 9.64 Å². The molecule has 1 fully saturated rings. The van der Waals surface area contributed by atoms with Gasteiger partial charge in [-0.15, -0.1) is 0 Å². The second kappa shape index (κ2) is 7.16. The molecule has 0 N–H and O–H groups in total. The van der Waals surface area contributed by atoms with Gasteiger partial charge in [0.15, 0.2) is 0 Å². The summed E-state index contributed by atoms with van der Waals surface area (Å²) in [5, 5.41) is 10.6. The number of hydrogen-bond acceptors (Lipinski definition) is 4. The molecule has 1 heterocycles. The number of benzene rings is 1. The third-order valence-electron chi connectivity index (χ3n) is 3.68. The molecule has 6 nitrogen and oxygen atoms in total. The number of hydrogen-bond donors (Lipinski definition) is 0. The molecule has 0 unspecified atom stereocenters. The van der Waals surface area contributed by atoms with E-state index in [0.717, 1.165) is 11.6 Å². The molecule has 0 aromatic heterocycles. The van der Waals surface area contributed by atoms with Gasteiger partial charge in [0.05, 0.1) is 11.0 Å². The van der Waals surface area contributed by atoms with Crippen LogP contribution in [0.25, 0.3) is 6.08 Å². The highest BCUT2D eigenvalue weighted by molar-refractivity contribution is 5.68. The van der Waals surface area contributed by atoms with Gasteiger partial charge in [-0.05, 0) is 39.7 Å². The topological polar surface area (TPSA) is 72.7 Å². The summed E-state index contributed by atoms with van der Waals surface area (Å²) in [6.45, 7) is 6.18. The average molecular weight is 354 g/mol. The van der Waals surface area contributed by atoms with Crippen molar-refractivity contribution in [3.8, 4) is 0 Å². The van der Waals surface area contributed by atoms with Gasteiger partial charge in [0.2, 0.25) is 5.82 Å². The first-order valence-corrected chi connectivity index (χ1v) is 7.87. The van der Waals surface area contributed by atoms with Gasteiger partial charge in [-0.3, -0.25) is 10.1 Å². The number of nitrogens with zero attached hydrogens (tertiary/aromatic N) is 2. The number of rotatable bonds is 2. The summed E-state index contributed by atoms with van der Waals surface area (Å²) in [6, 6.07) is 1.40. The number of carbonyl (C=O) groups excluding carboxylic acids is 1. The highest BCUT2D eigenvalue weighted by Gasteiger charge is 2.25. The lowest BCUT2D eigenvalue weighted by Gasteiger charge is -2.31. The minimum atomic E-state index is -1.08. The predicted molar refractivity (Wildman–Crippen MR) is 88.0 cm³/mol. The molecule has 1 amide bonds. The molecule has 25 heavy (non-hydrogen) atoms. The summed E-state index contributed by atoms with van der Waals surface area (Å²) in [6.07, 6.45) is 2.07. The normalized spacial score (nSPS) is 15.1. The standard InChI is InChI=1S/C17H20F2N2O4/c1-17(2,3)25-16(22)20-6-4-11(5-7-20)8-12-9-14(19)15(21(23)24)10-13(12)18/h8-10H,4-7H2,1-3H3. The van der Waals surface area contributed by atoms with Crippen LogP contribution in [0.3, 0.4) is 0 Å². The number of nitro groups is 1. The van der Waals surface area contributed by atoms with Gasteiger partial charge in [0.25, 0.3) is 0 Å². The number of likely N-dealkylation sites (tertiary alicyclic amines) is 1. The Morgan fingerprint density at radius 1 is 1.24 bits per heavy atom. The molecule has 136 valence electrons. The molecule has 0 aliphatic carbocycles. The van der Waals surface area contributed by atoms with Gasteiger partial charge in [-0.25, -0.2) is 9.18 Å². The molecule has 1 aromatic rings. The lowest BCUT2D eigenvalue weighted by atomic mass is 10.0. The highest BCUT2D eigenvalue weighted by atomic mass is 19.1. The van der Waals surface area contributed by atoms with Crippen LogP contribution >= 0.6 is 0 Å². The summed E-state index contributed by atoms with van der Waals surface area (Å²) in [4.78, 5) is 23.2. The molecule has 0 saturated carbocycles. The van der Waals surface area contributed by atoms with Crippen molar-refractivity contribution in [2.75, 3.05) is 13.1 Å². The summed E-state index contributed by atoms with van der Waals surface area (Å²) < 4.78 is 32.9. The van der Waals surface area contributed by atoms with Gasteiger partial charge in [-0.2, -0.15) is 4.39 Å². The van der Waals surface area contributed by atoms with E-state index >= 15 is 0 Å². The number of amides is 1. The predicted octanol–water partition coefficient (Wildman–Crippen LogP) is 4.29. The Balaban J connectivity index is 2.07. The molecule has 2 rings (SSSR count). The SMILES string of the molecule is CC(C)(C)OC(=O)N1CCC(=Cc2cc(F)c([N+](=O)[O-])cc2F)CC1. The fourth-order valence-corrected chi connectivity index (χ4v) is 2.47.